The summed E-state index contributed by atoms with van der Waals surface area (Å²) in [7, 11) is 0. The molecule has 2 heterocycles. The molecule has 5 nitrogen and oxygen atoms in total. The number of hydrogen-bond donors (Lipinski definition) is 1. The molecule has 1 aliphatic heterocycles. The average Bonchev–Trinajstić information content (AvgIpc) is 3.14. The molecule has 25 heavy (non-hydrogen) atoms. The zero-order chi connectivity index (χ0) is 18.2. The largest absolute Gasteiger partial charge is 0.352 e. The van der Waals surface area contributed by atoms with Crippen molar-refractivity contribution in [1.29, 1.82) is 0 Å². The van der Waals surface area contributed by atoms with Crippen molar-refractivity contribution in [1.82, 2.24) is 5.16 Å². The fourth-order valence-corrected chi connectivity index (χ4v) is 3.15. The van der Waals surface area contributed by atoms with Crippen molar-refractivity contribution >= 4 is 40.7 Å². The quantitative estimate of drug-likeness (QED) is 0.818. The van der Waals surface area contributed by atoms with Crippen LogP contribution in [0.1, 0.15) is 39.3 Å². The first-order valence-corrected chi connectivity index (χ1v) is 8.99. The molecule has 1 aliphatic rings. The monoisotopic (exact) mass is 381 g/mol. The maximum absolute atomic E-state index is 12.3. The molecular weight excluding hydrogens is 361 g/mol. The van der Waals surface area contributed by atoms with Crippen LogP contribution in [-0.2, 0) is 10.2 Å². The number of nitrogens with zero attached hydrogens (tertiary/aromatic N) is 2. The molecule has 1 saturated heterocycles. The fourth-order valence-electron chi connectivity index (χ4n) is 2.86. The van der Waals surface area contributed by atoms with E-state index in [2.05, 4.69) is 31.2 Å². The molecule has 1 fully saturated rings. The molecule has 1 aromatic heterocycles. The van der Waals surface area contributed by atoms with E-state index in [1.165, 1.54) is 0 Å². The van der Waals surface area contributed by atoms with E-state index in [9.17, 15) is 4.79 Å². The summed E-state index contributed by atoms with van der Waals surface area (Å²) in [4.78, 5) is 14.1. The van der Waals surface area contributed by atoms with Crippen LogP contribution in [0.25, 0.3) is 0 Å². The summed E-state index contributed by atoms with van der Waals surface area (Å²) < 4.78 is 5.35. The Morgan fingerprint density at radius 1 is 1.28 bits per heavy atom. The first kappa shape index (κ1) is 18.1. The summed E-state index contributed by atoms with van der Waals surface area (Å²) in [5.41, 5.74) is 1.58. The van der Waals surface area contributed by atoms with Gasteiger partial charge in [-0.2, -0.15) is 0 Å². The first-order valence-electron chi connectivity index (χ1n) is 8.24. The molecule has 1 amide bonds. The van der Waals surface area contributed by atoms with Crippen LogP contribution < -0.4 is 10.2 Å². The minimum atomic E-state index is -0.0706. The minimum Gasteiger partial charge on any atom is -0.352 e. The second-order valence-corrected chi connectivity index (χ2v) is 8.08. The number of nitrogens with one attached hydrogen (secondary N) is 1. The number of anilines is 2. The smallest absolute Gasteiger partial charge is 0.227 e. The molecule has 0 bridgehead atoms. The SMILES string of the molecule is CC(C)(C)c1cc(NC[C@@H]2CCC(=O)N2c2ccc(Cl)c(Cl)c2)on1. The van der Waals surface area contributed by atoms with Gasteiger partial charge in [-0.25, -0.2) is 0 Å². The molecule has 2 aromatic rings. The van der Waals surface area contributed by atoms with Crippen LogP contribution in [0.4, 0.5) is 11.6 Å². The molecule has 1 aromatic carbocycles. The Morgan fingerprint density at radius 3 is 2.68 bits per heavy atom. The van der Waals surface area contributed by atoms with E-state index in [1.807, 2.05) is 12.1 Å². The molecule has 0 radical (unpaired) electrons. The Balaban J connectivity index is 1.72. The molecular formula is C18H21Cl2N3O2. The van der Waals surface area contributed by atoms with Crippen molar-refractivity contribution in [2.24, 2.45) is 0 Å². The zero-order valence-electron chi connectivity index (χ0n) is 14.5. The van der Waals surface area contributed by atoms with Gasteiger partial charge in [0, 0.05) is 30.1 Å². The third-order valence-electron chi connectivity index (χ3n) is 4.30. The average molecular weight is 382 g/mol. The van der Waals surface area contributed by atoms with Crippen LogP contribution in [0.3, 0.4) is 0 Å². The summed E-state index contributed by atoms with van der Waals surface area (Å²) in [6, 6.07) is 7.18. The van der Waals surface area contributed by atoms with Gasteiger partial charge in [-0.1, -0.05) is 49.1 Å². The number of hydrogen-bond acceptors (Lipinski definition) is 4. The summed E-state index contributed by atoms with van der Waals surface area (Å²) in [6.07, 6.45) is 1.28. The summed E-state index contributed by atoms with van der Waals surface area (Å²) in [5.74, 6) is 0.691. The second-order valence-electron chi connectivity index (χ2n) is 7.26. The highest BCUT2D eigenvalue weighted by molar-refractivity contribution is 6.42. The molecule has 1 atom stereocenters. The molecule has 0 aliphatic carbocycles. The van der Waals surface area contributed by atoms with E-state index in [4.69, 9.17) is 27.7 Å². The number of carbonyl (C=O) groups excluding carboxylic acids is 1. The highest BCUT2D eigenvalue weighted by atomic mass is 35.5. The lowest BCUT2D eigenvalue weighted by molar-refractivity contribution is -0.117. The highest BCUT2D eigenvalue weighted by Gasteiger charge is 2.32. The maximum atomic E-state index is 12.3. The second kappa shape index (κ2) is 6.89. The van der Waals surface area contributed by atoms with Gasteiger partial charge in [0.15, 0.2) is 0 Å². The van der Waals surface area contributed by atoms with Crippen LogP contribution in [0, 0.1) is 0 Å². The predicted octanol–water partition coefficient (Wildman–Crippen LogP) is 4.89. The number of amides is 1. The molecule has 7 heteroatoms. The van der Waals surface area contributed by atoms with Crippen molar-refractivity contribution in [3.8, 4) is 0 Å². The van der Waals surface area contributed by atoms with Crippen molar-refractivity contribution < 1.29 is 9.32 Å². The Kier molecular flexibility index (Phi) is 4.98. The third kappa shape index (κ3) is 3.93. The van der Waals surface area contributed by atoms with Crippen molar-refractivity contribution in [3.05, 3.63) is 40.0 Å². The van der Waals surface area contributed by atoms with E-state index in [0.29, 0.717) is 28.9 Å². The molecule has 1 N–H and O–H groups in total. The van der Waals surface area contributed by atoms with E-state index in [1.54, 1.807) is 17.0 Å². The van der Waals surface area contributed by atoms with Gasteiger partial charge in [0.05, 0.1) is 21.8 Å². The topological polar surface area (TPSA) is 58.4 Å². The highest BCUT2D eigenvalue weighted by Crippen LogP contribution is 2.32. The van der Waals surface area contributed by atoms with Gasteiger partial charge in [-0.15, -0.1) is 0 Å². The van der Waals surface area contributed by atoms with Crippen molar-refractivity contribution in [3.63, 3.8) is 0 Å². The van der Waals surface area contributed by atoms with E-state index in [0.717, 1.165) is 17.8 Å². The molecule has 0 unspecified atom stereocenters. The van der Waals surface area contributed by atoms with Gasteiger partial charge in [0.2, 0.25) is 11.8 Å². The van der Waals surface area contributed by atoms with Crippen LogP contribution in [0.5, 0.6) is 0 Å². The lowest BCUT2D eigenvalue weighted by atomic mass is 9.92. The Morgan fingerprint density at radius 2 is 2.04 bits per heavy atom. The lowest BCUT2D eigenvalue weighted by Gasteiger charge is -2.25. The standard InChI is InChI=1S/C18H21Cl2N3O2/c1-18(2,3)15-9-16(25-22-15)21-10-12-5-7-17(24)23(12)11-4-6-13(19)14(20)8-11/h4,6,8-9,12,21H,5,7,10H2,1-3H3/t12-/m0/s1. The van der Waals surface area contributed by atoms with E-state index >= 15 is 0 Å². The van der Waals surface area contributed by atoms with Gasteiger partial charge in [-0.05, 0) is 24.6 Å². The number of benzene rings is 1. The van der Waals surface area contributed by atoms with Crippen LogP contribution in [0.2, 0.25) is 10.0 Å². The van der Waals surface area contributed by atoms with Crippen LogP contribution in [-0.4, -0.2) is 23.7 Å². The predicted molar refractivity (Wildman–Crippen MR) is 101 cm³/mol. The molecule has 134 valence electrons. The molecule has 3 rings (SSSR count). The Labute approximate surface area is 157 Å². The van der Waals surface area contributed by atoms with Crippen molar-refractivity contribution in [2.45, 2.75) is 45.1 Å². The molecule has 0 spiro atoms. The summed E-state index contributed by atoms with van der Waals surface area (Å²) in [6.45, 7) is 6.81. The third-order valence-corrected chi connectivity index (χ3v) is 5.04. The number of rotatable bonds is 4. The Bertz CT molecular complexity index is 783. The van der Waals surface area contributed by atoms with Gasteiger partial charge >= 0.3 is 0 Å². The summed E-state index contributed by atoms with van der Waals surface area (Å²) >= 11 is 12.1. The van der Waals surface area contributed by atoms with Crippen molar-refractivity contribution in [2.75, 3.05) is 16.8 Å². The normalized spacial score (nSPS) is 18.0. The molecule has 0 saturated carbocycles. The van der Waals surface area contributed by atoms with Gasteiger partial charge in [-0.3, -0.25) is 4.79 Å². The van der Waals surface area contributed by atoms with Gasteiger partial charge < -0.3 is 14.7 Å². The summed E-state index contributed by atoms with van der Waals surface area (Å²) in [5, 5.41) is 8.25. The van der Waals surface area contributed by atoms with Crippen LogP contribution in [0.15, 0.2) is 28.8 Å². The van der Waals surface area contributed by atoms with Gasteiger partial charge in [0.25, 0.3) is 0 Å². The number of aromatic nitrogens is 1. The minimum absolute atomic E-state index is 0.0212. The lowest BCUT2D eigenvalue weighted by Crippen LogP contribution is -2.37. The Hall–Kier alpha value is -1.72. The number of carbonyl (C=O) groups is 1. The number of halogens is 2. The zero-order valence-corrected chi connectivity index (χ0v) is 16.0. The first-order chi connectivity index (χ1) is 11.8. The van der Waals surface area contributed by atoms with Gasteiger partial charge in [0.1, 0.15) is 0 Å². The van der Waals surface area contributed by atoms with Crippen LogP contribution >= 0.6 is 23.2 Å². The van der Waals surface area contributed by atoms with E-state index < -0.39 is 0 Å². The maximum Gasteiger partial charge on any atom is 0.227 e. The fraction of sp³-hybridized carbons (Fsp3) is 0.444. The van der Waals surface area contributed by atoms with E-state index in [-0.39, 0.29) is 17.4 Å².